The highest BCUT2D eigenvalue weighted by Gasteiger charge is 2.17. The van der Waals surface area contributed by atoms with Crippen molar-refractivity contribution in [2.24, 2.45) is 0 Å². The molecule has 0 fully saturated rings. The van der Waals surface area contributed by atoms with Crippen molar-refractivity contribution in [1.82, 2.24) is 15.5 Å². The maximum atomic E-state index is 12.8. The fraction of sp³-hybridized carbons (Fsp3) is 0.222. The lowest BCUT2D eigenvalue weighted by Crippen LogP contribution is -2.37. The maximum Gasteiger partial charge on any atom is 0.258 e. The number of hydrogen-bond donors (Lipinski definition) is 1. The molecule has 0 aliphatic heterocycles. The highest BCUT2D eigenvalue weighted by Crippen LogP contribution is 2.31. The minimum atomic E-state index is -0.659. The predicted molar refractivity (Wildman–Crippen MR) is 170 cm³/mol. The van der Waals surface area contributed by atoms with Gasteiger partial charge in [-0.05, 0) is 70.5 Å². The van der Waals surface area contributed by atoms with E-state index < -0.39 is 6.04 Å². The topological polar surface area (TPSA) is 104 Å². The zero-order chi connectivity index (χ0) is 31.3. The summed E-state index contributed by atoms with van der Waals surface area (Å²) < 4.78 is 16.3. The largest absolute Gasteiger partial charge is 0.497 e. The summed E-state index contributed by atoms with van der Waals surface area (Å²) in [6.07, 6.45) is 1.12. The normalized spacial score (nSPS) is 11.9. The van der Waals surface area contributed by atoms with Gasteiger partial charge in [0.15, 0.2) is 0 Å². The molecular formula is C36H35N3O5. The Hall–Kier alpha value is -5.24. The van der Waals surface area contributed by atoms with Crippen LogP contribution in [0.3, 0.4) is 0 Å². The van der Waals surface area contributed by atoms with Crippen LogP contribution < -0.4 is 14.8 Å². The number of benzene rings is 4. The fourth-order valence-electron chi connectivity index (χ4n) is 4.79. The van der Waals surface area contributed by atoms with Crippen molar-refractivity contribution in [2.75, 3.05) is 14.2 Å². The standard InChI is InChI=1S/C36H35N3O5/c1-36(2,3)29-16-14-26(15-17-29)34(41)37-30(22-40)18-23-6-8-25(9-7-23)33-38-35(44-39-33)27-12-10-24(11-13-27)28-19-31(42-4)21-32(20-28)43-5/h6-17,19-22,30H,18H2,1-5H3,(H,37,41). The Labute approximate surface area is 257 Å². The van der Waals surface area contributed by atoms with Crippen molar-refractivity contribution in [3.63, 3.8) is 0 Å². The summed E-state index contributed by atoms with van der Waals surface area (Å²) in [7, 11) is 3.25. The van der Waals surface area contributed by atoms with Crippen molar-refractivity contribution >= 4 is 12.2 Å². The monoisotopic (exact) mass is 589 g/mol. The van der Waals surface area contributed by atoms with Gasteiger partial charge in [0.1, 0.15) is 17.8 Å². The molecule has 1 unspecified atom stereocenters. The Kier molecular flexibility index (Phi) is 8.90. The van der Waals surface area contributed by atoms with Crippen LogP contribution in [-0.4, -0.2) is 42.6 Å². The van der Waals surface area contributed by atoms with Crippen LogP contribution in [0.5, 0.6) is 11.5 Å². The zero-order valence-corrected chi connectivity index (χ0v) is 25.5. The molecule has 4 aromatic carbocycles. The number of amides is 1. The summed E-state index contributed by atoms with van der Waals surface area (Å²) in [5.74, 6) is 1.99. The number of carbonyl (C=O) groups is 2. The molecule has 0 aliphatic rings. The van der Waals surface area contributed by atoms with E-state index >= 15 is 0 Å². The molecule has 1 amide bonds. The molecule has 44 heavy (non-hydrogen) atoms. The van der Waals surface area contributed by atoms with Gasteiger partial charge >= 0.3 is 0 Å². The third-order valence-electron chi connectivity index (χ3n) is 7.40. The van der Waals surface area contributed by atoms with Gasteiger partial charge in [0, 0.05) is 22.8 Å². The van der Waals surface area contributed by atoms with Crippen LogP contribution in [0.25, 0.3) is 34.0 Å². The van der Waals surface area contributed by atoms with Gasteiger partial charge in [-0.3, -0.25) is 4.79 Å². The Balaban J connectivity index is 1.23. The van der Waals surface area contributed by atoms with Gasteiger partial charge in [0.25, 0.3) is 11.8 Å². The van der Waals surface area contributed by atoms with E-state index in [0.29, 0.717) is 35.2 Å². The molecule has 8 heteroatoms. The van der Waals surface area contributed by atoms with Gasteiger partial charge in [-0.1, -0.05) is 74.5 Å². The Morgan fingerprint density at radius 3 is 1.98 bits per heavy atom. The molecule has 8 nitrogen and oxygen atoms in total. The van der Waals surface area contributed by atoms with E-state index in [1.54, 1.807) is 26.4 Å². The molecule has 5 aromatic rings. The lowest BCUT2D eigenvalue weighted by Gasteiger charge is -2.19. The quantitative estimate of drug-likeness (QED) is 0.176. The van der Waals surface area contributed by atoms with Crippen molar-refractivity contribution in [1.29, 1.82) is 0 Å². The summed E-state index contributed by atoms with van der Waals surface area (Å²) in [6, 6.07) is 27.9. The first-order valence-corrected chi connectivity index (χ1v) is 14.3. The highest BCUT2D eigenvalue weighted by molar-refractivity contribution is 5.95. The highest BCUT2D eigenvalue weighted by atomic mass is 16.5. The Morgan fingerprint density at radius 2 is 1.41 bits per heavy atom. The average molecular weight is 590 g/mol. The number of methoxy groups -OCH3 is 2. The molecule has 0 bridgehead atoms. The second-order valence-electron chi connectivity index (χ2n) is 11.5. The van der Waals surface area contributed by atoms with Gasteiger partial charge in [0.2, 0.25) is 5.82 Å². The van der Waals surface area contributed by atoms with E-state index in [2.05, 4.69) is 36.2 Å². The third kappa shape index (κ3) is 7.03. The smallest absolute Gasteiger partial charge is 0.258 e. The molecular weight excluding hydrogens is 554 g/mol. The molecule has 0 saturated carbocycles. The third-order valence-corrected chi connectivity index (χ3v) is 7.40. The Morgan fingerprint density at radius 1 is 0.818 bits per heavy atom. The minimum absolute atomic E-state index is 0.00527. The number of rotatable bonds is 10. The number of carbonyl (C=O) groups excluding carboxylic acids is 2. The molecule has 0 saturated heterocycles. The lowest BCUT2D eigenvalue weighted by molar-refractivity contribution is -0.109. The van der Waals surface area contributed by atoms with Crippen molar-refractivity contribution in [2.45, 2.75) is 38.6 Å². The van der Waals surface area contributed by atoms with Crippen LogP contribution in [0.4, 0.5) is 0 Å². The van der Waals surface area contributed by atoms with E-state index in [-0.39, 0.29) is 11.3 Å². The van der Waals surface area contributed by atoms with E-state index in [1.165, 1.54) is 0 Å². The van der Waals surface area contributed by atoms with Gasteiger partial charge in [-0.2, -0.15) is 4.98 Å². The number of nitrogens with one attached hydrogen (secondary N) is 1. The number of nitrogens with zero attached hydrogens (tertiary/aromatic N) is 2. The van der Waals surface area contributed by atoms with Crippen molar-refractivity contribution in [3.8, 4) is 45.5 Å². The summed E-state index contributed by atoms with van der Waals surface area (Å²) in [4.78, 5) is 29.1. The first kappa shape index (κ1) is 30.2. The summed E-state index contributed by atoms with van der Waals surface area (Å²) in [6.45, 7) is 6.36. The van der Waals surface area contributed by atoms with Gasteiger partial charge in [-0.15, -0.1) is 0 Å². The van der Waals surface area contributed by atoms with Gasteiger partial charge in [-0.25, -0.2) is 0 Å². The summed E-state index contributed by atoms with van der Waals surface area (Å²) in [5, 5.41) is 6.98. The lowest BCUT2D eigenvalue weighted by atomic mass is 9.86. The van der Waals surface area contributed by atoms with Crippen molar-refractivity contribution in [3.05, 3.63) is 108 Å². The van der Waals surface area contributed by atoms with E-state index in [9.17, 15) is 9.59 Å². The maximum absolute atomic E-state index is 12.8. The molecule has 1 N–H and O–H groups in total. The number of hydrogen-bond acceptors (Lipinski definition) is 7. The molecule has 0 radical (unpaired) electrons. The molecule has 1 heterocycles. The first-order valence-electron chi connectivity index (χ1n) is 14.3. The van der Waals surface area contributed by atoms with E-state index in [0.717, 1.165) is 39.7 Å². The van der Waals surface area contributed by atoms with Gasteiger partial charge in [0.05, 0.1) is 20.3 Å². The fourth-order valence-corrected chi connectivity index (χ4v) is 4.79. The van der Waals surface area contributed by atoms with E-state index in [4.69, 9.17) is 14.0 Å². The molecule has 5 rings (SSSR count). The molecule has 0 aliphatic carbocycles. The molecule has 0 spiro atoms. The van der Waals surface area contributed by atoms with Crippen LogP contribution in [0, 0.1) is 0 Å². The minimum Gasteiger partial charge on any atom is -0.497 e. The SMILES string of the molecule is COc1cc(OC)cc(-c2ccc(-c3nc(-c4ccc(CC(C=O)NC(=O)c5ccc(C(C)(C)C)cc5)cc4)no3)cc2)c1. The van der Waals surface area contributed by atoms with Gasteiger partial charge < -0.3 is 24.1 Å². The number of aldehydes is 1. The predicted octanol–water partition coefficient (Wildman–Crippen LogP) is 6.93. The second-order valence-corrected chi connectivity index (χ2v) is 11.5. The Bertz CT molecular complexity index is 1710. The van der Waals surface area contributed by atoms with E-state index in [1.807, 2.05) is 78.9 Å². The van der Waals surface area contributed by atoms with Crippen LogP contribution >= 0.6 is 0 Å². The summed E-state index contributed by atoms with van der Waals surface area (Å²) >= 11 is 0. The van der Waals surface area contributed by atoms with Crippen LogP contribution in [0.2, 0.25) is 0 Å². The summed E-state index contributed by atoms with van der Waals surface area (Å²) in [5.41, 5.74) is 6.06. The second kappa shape index (κ2) is 13.0. The molecule has 1 atom stereocenters. The van der Waals surface area contributed by atoms with Crippen molar-refractivity contribution < 1.29 is 23.6 Å². The number of ether oxygens (including phenoxy) is 2. The number of aromatic nitrogens is 2. The van der Waals surface area contributed by atoms with Crippen LogP contribution in [-0.2, 0) is 16.6 Å². The van der Waals surface area contributed by atoms with Crippen LogP contribution in [0.15, 0.2) is 95.5 Å². The average Bonchev–Trinajstić information content (AvgIpc) is 3.54. The zero-order valence-electron chi connectivity index (χ0n) is 25.5. The molecule has 224 valence electrons. The van der Waals surface area contributed by atoms with Crippen LogP contribution in [0.1, 0.15) is 42.3 Å². The first-order chi connectivity index (χ1) is 21.2. The molecule has 1 aromatic heterocycles.